The number of ether oxygens (including phenoxy) is 1. The quantitative estimate of drug-likeness (QED) is 0.576. The number of benzene rings is 1. The molecule has 0 saturated heterocycles. The Morgan fingerprint density at radius 2 is 2.00 bits per heavy atom. The summed E-state index contributed by atoms with van der Waals surface area (Å²) in [5, 5.41) is 2.44. The predicted molar refractivity (Wildman–Crippen MR) is 66.7 cm³/mol. The Labute approximate surface area is 105 Å². The molecule has 5 nitrogen and oxygen atoms in total. The molecule has 18 heavy (non-hydrogen) atoms. The van der Waals surface area contributed by atoms with E-state index in [1.165, 1.54) is 7.11 Å². The fraction of sp³-hybridized carbons (Fsp3) is 0.231. The van der Waals surface area contributed by atoms with Gasteiger partial charge in [0, 0.05) is 11.1 Å². The van der Waals surface area contributed by atoms with Crippen molar-refractivity contribution in [3.05, 3.63) is 35.4 Å². The van der Waals surface area contributed by atoms with Gasteiger partial charge in [-0.1, -0.05) is 11.8 Å². The Morgan fingerprint density at radius 3 is 2.56 bits per heavy atom. The minimum Gasteiger partial charge on any atom is -0.468 e. The summed E-state index contributed by atoms with van der Waals surface area (Å²) in [7, 11) is 1.26. The number of esters is 1. The minimum absolute atomic E-state index is 0.149. The number of hydrogen-bond donors (Lipinski definition) is 2. The molecule has 94 valence electrons. The van der Waals surface area contributed by atoms with Crippen LogP contribution in [0.15, 0.2) is 24.3 Å². The highest BCUT2D eigenvalue weighted by Gasteiger charge is 2.07. The molecule has 1 rings (SSSR count). The third kappa shape index (κ3) is 4.28. The van der Waals surface area contributed by atoms with Gasteiger partial charge in [-0.3, -0.25) is 9.59 Å². The van der Waals surface area contributed by atoms with Crippen LogP contribution < -0.4 is 11.1 Å². The van der Waals surface area contributed by atoms with Crippen molar-refractivity contribution in [1.29, 1.82) is 0 Å². The summed E-state index contributed by atoms with van der Waals surface area (Å²) in [6.07, 6.45) is 0. The van der Waals surface area contributed by atoms with Gasteiger partial charge < -0.3 is 15.8 Å². The van der Waals surface area contributed by atoms with Crippen LogP contribution in [0.4, 0.5) is 0 Å². The van der Waals surface area contributed by atoms with Crippen molar-refractivity contribution in [3.63, 3.8) is 0 Å². The normalized spacial score (nSPS) is 9.00. The Morgan fingerprint density at radius 1 is 1.33 bits per heavy atom. The second-order valence-corrected chi connectivity index (χ2v) is 3.34. The predicted octanol–water partition coefficient (Wildman–Crippen LogP) is -0.100. The van der Waals surface area contributed by atoms with Crippen LogP contribution in [0.3, 0.4) is 0 Å². The Bertz CT molecular complexity index is 483. The topological polar surface area (TPSA) is 81.4 Å². The molecule has 0 atom stereocenters. The lowest BCUT2D eigenvalue weighted by Crippen LogP contribution is -2.30. The molecule has 0 bridgehead atoms. The molecule has 0 aliphatic rings. The first kappa shape index (κ1) is 13.7. The molecule has 0 saturated carbocycles. The van der Waals surface area contributed by atoms with E-state index < -0.39 is 5.97 Å². The van der Waals surface area contributed by atoms with E-state index in [0.717, 1.165) is 5.56 Å². The molecular formula is C13H14N2O3. The smallest absolute Gasteiger partial charge is 0.325 e. The Balaban J connectivity index is 2.62. The van der Waals surface area contributed by atoms with E-state index in [2.05, 4.69) is 21.9 Å². The van der Waals surface area contributed by atoms with Gasteiger partial charge in [-0.25, -0.2) is 0 Å². The van der Waals surface area contributed by atoms with Crippen molar-refractivity contribution in [2.24, 2.45) is 5.73 Å². The molecule has 0 aromatic heterocycles. The van der Waals surface area contributed by atoms with Crippen LogP contribution in [0.1, 0.15) is 15.9 Å². The average Bonchev–Trinajstić information content (AvgIpc) is 2.42. The van der Waals surface area contributed by atoms with E-state index in [1.807, 2.05) is 0 Å². The first-order valence-corrected chi connectivity index (χ1v) is 5.31. The van der Waals surface area contributed by atoms with Crippen molar-refractivity contribution < 1.29 is 14.3 Å². The maximum atomic E-state index is 11.6. The molecule has 1 aromatic rings. The zero-order chi connectivity index (χ0) is 13.4. The van der Waals surface area contributed by atoms with Gasteiger partial charge in [0.05, 0.1) is 13.7 Å². The summed E-state index contributed by atoms with van der Waals surface area (Å²) in [6, 6.07) is 6.70. The zero-order valence-electron chi connectivity index (χ0n) is 10.0. The monoisotopic (exact) mass is 246 g/mol. The summed E-state index contributed by atoms with van der Waals surface area (Å²) in [4.78, 5) is 22.5. The van der Waals surface area contributed by atoms with Crippen molar-refractivity contribution >= 4 is 11.9 Å². The lowest BCUT2D eigenvalue weighted by atomic mass is 10.1. The maximum absolute atomic E-state index is 11.6. The molecule has 5 heteroatoms. The van der Waals surface area contributed by atoms with Gasteiger partial charge >= 0.3 is 5.97 Å². The van der Waals surface area contributed by atoms with Gasteiger partial charge in [-0.2, -0.15) is 0 Å². The van der Waals surface area contributed by atoms with Gasteiger partial charge in [-0.15, -0.1) is 0 Å². The number of methoxy groups -OCH3 is 1. The highest BCUT2D eigenvalue weighted by atomic mass is 16.5. The standard InChI is InChI=1S/C13H14N2O3/c1-18-12(16)9-15-13(17)11-6-4-10(5-7-11)3-2-8-14/h4-7H,8-9,14H2,1H3,(H,15,17). The molecular weight excluding hydrogens is 232 g/mol. The lowest BCUT2D eigenvalue weighted by Gasteiger charge is -2.03. The maximum Gasteiger partial charge on any atom is 0.325 e. The van der Waals surface area contributed by atoms with Crippen molar-refractivity contribution in [3.8, 4) is 11.8 Å². The summed E-state index contributed by atoms with van der Waals surface area (Å²) >= 11 is 0. The number of carbonyl (C=O) groups is 2. The second kappa shape index (κ2) is 7.09. The third-order valence-corrected chi connectivity index (χ3v) is 2.10. The van der Waals surface area contributed by atoms with Crippen molar-refractivity contribution in [2.75, 3.05) is 20.2 Å². The Kier molecular flexibility index (Phi) is 5.42. The van der Waals surface area contributed by atoms with Crippen LogP contribution in [-0.4, -0.2) is 32.1 Å². The average molecular weight is 246 g/mol. The van der Waals surface area contributed by atoms with Gasteiger partial charge in [0.15, 0.2) is 0 Å². The van der Waals surface area contributed by atoms with Gasteiger partial charge in [-0.05, 0) is 24.3 Å². The van der Waals surface area contributed by atoms with E-state index in [-0.39, 0.29) is 12.5 Å². The summed E-state index contributed by atoms with van der Waals surface area (Å²) < 4.78 is 4.42. The third-order valence-electron chi connectivity index (χ3n) is 2.10. The molecule has 0 spiro atoms. The van der Waals surface area contributed by atoms with Gasteiger partial charge in [0.1, 0.15) is 6.54 Å². The van der Waals surface area contributed by atoms with Crippen LogP contribution in [0.5, 0.6) is 0 Å². The number of hydrogen-bond acceptors (Lipinski definition) is 4. The van der Waals surface area contributed by atoms with E-state index in [9.17, 15) is 9.59 Å². The van der Waals surface area contributed by atoms with E-state index >= 15 is 0 Å². The van der Waals surface area contributed by atoms with Gasteiger partial charge in [0.2, 0.25) is 0 Å². The first-order chi connectivity index (χ1) is 8.67. The molecule has 0 aliphatic heterocycles. The highest BCUT2D eigenvalue weighted by molar-refractivity contribution is 5.95. The second-order valence-electron chi connectivity index (χ2n) is 3.34. The highest BCUT2D eigenvalue weighted by Crippen LogP contribution is 2.03. The number of amides is 1. The lowest BCUT2D eigenvalue weighted by molar-refractivity contribution is -0.139. The number of rotatable bonds is 3. The summed E-state index contributed by atoms with van der Waals surface area (Å²) in [5.74, 6) is 4.74. The van der Waals surface area contributed by atoms with Crippen LogP contribution in [0.25, 0.3) is 0 Å². The largest absolute Gasteiger partial charge is 0.468 e. The van der Waals surface area contributed by atoms with Crippen LogP contribution in [0, 0.1) is 11.8 Å². The fourth-order valence-corrected chi connectivity index (χ4v) is 1.18. The summed E-state index contributed by atoms with van der Waals surface area (Å²) in [5.41, 5.74) is 6.49. The SMILES string of the molecule is COC(=O)CNC(=O)c1ccc(C#CCN)cc1. The molecule has 0 radical (unpaired) electrons. The fourth-order valence-electron chi connectivity index (χ4n) is 1.18. The summed E-state index contributed by atoms with van der Waals surface area (Å²) in [6.45, 7) is 0.144. The van der Waals surface area contributed by atoms with Crippen molar-refractivity contribution in [1.82, 2.24) is 5.32 Å². The Hall–Kier alpha value is -2.32. The number of nitrogens with one attached hydrogen (secondary N) is 1. The molecule has 1 aromatic carbocycles. The first-order valence-electron chi connectivity index (χ1n) is 5.31. The van der Waals surface area contributed by atoms with E-state index in [1.54, 1.807) is 24.3 Å². The van der Waals surface area contributed by atoms with Crippen LogP contribution >= 0.6 is 0 Å². The molecule has 0 heterocycles. The van der Waals surface area contributed by atoms with Crippen LogP contribution in [-0.2, 0) is 9.53 Å². The van der Waals surface area contributed by atoms with E-state index in [0.29, 0.717) is 12.1 Å². The molecule has 0 fully saturated rings. The molecule has 0 unspecified atom stereocenters. The van der Waals surface area contributed by atoms with Gasteiger partial charge in [0.25, 0.3) is 5.91 Å². The van der Waals surface area contributed by atoms with Crippen LogP contribution in [0.2, 0.25) is 0 Å². The molecule has 0 aliphatic carbocycles. The molecule has 1 amide bonds. The van der Waals surface area contributed by atoms with Crippen molar-refractivity contribution in [2.45, 2.75) is 0 Å². The number of nitrogens with two attached hydrogens (primary N) is 1. The van der Waals surface area contributed by atoms with E-state index in [4.69, 9.17) is 5.73 Å². The molecule has 3 N–H and O–H groups in total. The zero-order valence-corrected chi connectivity index (χ0v) is 10.0. The minimum atomic E-state index is -0.492. The number of carbonyl (C=O) groups excluding carboxylic acids is 2.